The van der Waals surface area contributed by atoms with E-state index in [9.17, 15) is 0 Å². The number of hydrogen-bond donors (Lipinski definition) is 1. The first-order chi connectivity index (χ1) is 10.2. The maximum absolute atomic E-state index is 3.60. The van der Waals surface area contributed by atoms with E-state index in [4.69, 9.17) is 0 Å². The number of aryl methyl sites for hydroxylation is 1. The minimum atomic E-state index is 0.609. The van der Waals surface area contributed by atoms with Gasteiger partial charge >= 0.3 is 0 Å². The van der Waals surface area contributed by atoms with Crippen molar-refractivity contribution in [1.82, 2.24) is 0 Å². The van der Waals surface area contributed by atoms with Crippen LogP contribution in [0.15, 0.2) is 53.4 Å². The Labute approximate surface area is 132 Å². The molecule has 1 N–H and O–H groups in total. The lowest BCUT2D eigenvalue weighted by atomic mass is 10.0. The zero-order chi connectivity index (χ0) is 14.7. The van der Waals surface area contributed by atoms with Gasteiger partial charge in [0.15, 0.2) is 0 Å². The van der Waals surface area contributed by atoms with Gasteiger partial charge in [0.05, 0.1) is 0 Å². The molecule has 2 aromatic rings. The Morgan fingerprint density at radius 3 is 2.57 bits per heavy atom. The Balaban J connectivity index is 1.64. The van der Waals surface area contributed by atoms with Crippen molar-refractivity contribution in [2.45, 2.75) is 42.8 Å². The Kier molecular flexibility index (Phi) is 4.54. The van der Waals surface area contributed by atoms with Crippen LogP contribution in [0, 0.1) is 0 Å². The molecular formula is C19H23NS. The van der Waals surface area contributed by atoms with Crippen molar-refractivity contribution in [2.75, 3.05) is 11.9 Å². The van der Waals surface area contributed by atoms with E-state index in [0.29, 0.717) is 11.2 Å². The largest absolute Gasteiger partial charge is 0.384 e. The fourth-order valence-corrected chi connectivity index (χ4v) is 3.86. The van der Waals surface area contributed by atoms with Gasteiger partial charge in [0.1, 0.15) is 0 Å². The van der Waals surface area contributed by atoms with Crippen molar-refractivity contribution >= 4 is 17.4 Å². The number of benzene rings is 2. The molecule has 0 saturated carbocycles. The highest BCUT2D eigenvalue weighted by molar-refractivity contribution is 8.00. The van der Waals surface area contributed by atoms with E-state index < -0.39 is 0 Å². The highest BCUT2D eigenvalue weighted by Gasteiger charge is 2.16. The van der Waals surface area contributed by atoms with Crippen molar-refractivity contribution in [3.05, 3.63) is 59.7 Å². The molecule has 1 nitrogen and oxygen atoms in total. The van der Waals surface area contributed by atoms with Gasteiger partial charge in [0, 0.05) is 22.4 Å². The molecule has 0 fully saturated rings. The van der Waals surface area contributed by atoms with Crippen molar-refractivity contribution in [1.29, 1.82) is 0 Å². The van der Waals surface area contributed by atoms with E-state index in [0.717, 1.165) is 6.54 Å². The van der Waals surface area contributed by atoms with Crippen LogP contribution in [0.3, 0.4) is 0 Å². The topological polar surface area (TPSA) is 12.0 Å². The SMILES string of the molecule is CC(C)c1ccc(SC2CCc3ccccc3NC2)cc1. The van der Waals surface area contributed by atoms with E-state index in [1.54, 1.807) is 0 Å². The van der Waals surface area contributed by atoms with Crippen molar-refractivity contribution in [3.63, 3.8) is 0 Å². The smallest absolute Gasteiger partial charge is 0.0373 e. The van der Waals surface area contributed by atoms with Crippen LogP contribution in [0.2, 0.25) is 0 Å². The monoisotopic (exact) mass is 297 g/mol. The maximum atomic E-state index is 3.60. The summed E-state index contributed by atoms with van der Waals surface area (Å²) in [6.45, 7) is 5.54. The first-order valence-electron chi connectivity index (χ1n) is 7.81. The van der Waals surface area contributed by atoms with Gasteiger partial charge in [-0.3, -0.25) is 0 Å². The molecule has 1 aliphatic rings. The van der Waals surface area contributed by atoms with Gasteiger partial charge < -0.3 is 5.32 Å². The molecule has 3 rings (SSSR count). The van der Waals surface area contributed by atoms with Crippen LogP contribution in [0.5, 0.6) is 0 Å². The molecule has 0 spiro atoms. The lowest BCUT2D eigenvalue weighted by molar-refractivity contribution is 0.803. The third kappa shape index (κ3) is 3.62. The lowest BCUT2D eigenvalue weighted by Gasteiger charge is -2.15. The molecule has 2 heteroatoms. The summed E-state index contributed by atoms with van der Waals surface area (Å²) in [6, 6.07) is 17.8. The van der Waals surface area contributed by atoms with Crippen LogP contribution in [0.4, 0.5) is 5.69 Å². The number of anilines is 1. The number of thioether (sulfide) groups is 1. The van der Waals surface area contributed by atoms with Crippen LogP contribution in [-0.4, -0.2) is 11.8 Å². The third-order valence-corrected chi connectivity index (χ3v) is 5.40. The number of fused-ring (bicyclic) bond motifs is 1. The second-order valence-electron chi connectivity index (χ2n) is 6.04. The van der Waals surface area contributed by atoms with E-state index in [2.05, 4.69) is 67.7 Å². The van der Waals surface area contributed by atoms with Gasteiger partial charge in [-0.25, -0.2) is 0 Å². The first-order valence-corrected chi connectivity index (χ1v) is 8.69. The Morgan fingerprint density at radius 2 is 1.81 bits per heavy atom. The predicted octanol–water partition coefficient (Wildman–Crippen LogP) is 5.33. The van der Waals surface area contributed by atoms with Crippen LogP contribution >= 0.6 is 11.8 Å². The van der Waals surface area contributed by atoms with Crippen LogP contribution in [0.25, 0.3) is 0 Å². The first kappa shape index (κ1) is 14.5. The summed E-state index contributed by atoms with van der Waals surface area (Å²) in [5.41, 5.74) is 4.19. The Morgan fingerprint density at radius 1 is 1.05 bits per heavy atom. The highest BCUT2D eigenvalue weighted by Crippen LogP contribution is 2.31. The lowest BCUT2D eigenvalue weighted by Crippen LogP contribution is -2.14. The van der Waals surface area contributed by atoms with Gasteiger partial charge in [-0.2, -0.15) is 0 Å². The average Bonchev–Trinajstić information content (AvgIpc) is 2.71. The van der Waals surface area contributed by atoms with Crippen LogP contribution < -0.4 is 5.32 Å². The van der Waals surface area contributed by atoms with E-state index >= 15 is 0 Å². The standard InChI is InChI=1S/C19H23NS/c1-14(2)15-7-10-17(11-8-15)21-18-12-9-16-5-3-4-6-19(16)20-13-18/h3-8,10-11,14,18,20H,9,12-13H2,1-2H3. The Hall–Kier alpha value is -1.41. The minimum Gasteiger partial charge on any atom is -0.384 e. The zero-order valence-electron chi connectivity index (χ0n) is 12.8. The van der Waals surface area contributed by atoms with E-state index in [-0.39, 0.29) is 0 Å². The second-order valence-corrected chi connectivity index (χ2v) is 7.41. The van der Waals surface area contributed by atoms with Crippen molar-refractivity contribution in [3.8, 4) is 0 Å². The molecule has 110 valence electrons. The highest BCUT2D eigenvalue weighted by atomic mass is 32.2. The summed E-state index contributed by atoms with van der Waals surface area (Å²) in [7, 11) is 0. The van der Waals surface area contributed by atoms with Gasteiger partial charge in [-0.1, -0.05) is 44.2 Å². The maximum Gasteiger partial charge on any atom is 0.0373 e. The van der Waals surface area contributed by atoms with Crippen LogP contribution in [0.1, 0.15) is 37.3 Å². The van der Waals surface area contributed by atoms with Gasteiger partial charge in [-0.15, -0.1) is 11.8 Å². The number of nitrogens with one attached hydrogen (secondary N) is 1. The van der Waals surface area contributed by atoms with Gasteiger partial charge in [0.25, 0.3) is 0 Å². The quantitative estimate of drug-likeness (QED) is 0.822. The fraction of sp³-hybridized carbons (Fsp3) is 0.368. The molecule has 1 aliphatic heterocycles. The van der Waals surface area contributed by atoms with Gasteiger partial charge in [-0.05, 0) is 48.1 Å². The molecule has 0 radical (unpaired) electrons. The number of para-hydroxylation sites is 1. The average molecular weight is 297 g/mol. The summed E-state index contributed by atoms with van der Waals surface area (Å²) in [4.78, 5) is 1.39. The van der Waals surface area contributed by atoms with E-state index in [1.165, 1.54) is 34.6 Å². The summed E-state index contributed by atoms with van der Waals surface area (Å²) in [6.07, 6.45) is 2.41. The second kappa shape index (κ2) is 6.57. The molecule has 0 amide bonds. The molecule has 21 heavy (non-hydrogen) atoms. The molecule has 0 saturated heterocycles. The molecular weight excluding hydrogens is 274 g/mol. The van der Waals surface area contributed by atoms with Crippen molar-refractivity contribution in [2.24, 2.45) is 0 Å². The normalized spacial score (nSPS) is 18.0. The summed E-state index contributed by atoms with van der Waals surface area (Å²) in [5.74, 6) is 0.609. The molecule has 0 bridgehead atoms. The number of rotatable bonds is 3. The predicted molar refractivity (Wildman–Crippen MR) is 93.4 cm³/mol. The molecule has 0 aliphatic carbocycles. The summed E-state index contributed by atoms with van der Waals surface area (Å²) < 4.78 is 0. The summed E-state index contributed by atoms with van der Waals surface area (Å²) in [5, 5.41) is 4.25. The fourth-order valence-electron chi connectivity index (χ4n) is 2.78. The van der Waals surface area contributed by atoms with Crippen molar-refractivity contribution < 1.29 is 0 Å². The van der Waals surface area contributed by atoms with Crippen LogP contribution in [-0.2, 0) is 6.42 Å². The molecule has 1 unspecified atom stereocenters. The Bertz CT molecular complexity index is 562. The molecule has 1 atom stereocenters. The van der Waals surface area contributed by atoms with E-state index in [1.807, 2.05) is 11.8 Å². The zero-order valence-corrected chi connectivity index (χ0v) is 13.6. The third-order valence-electron chi connectivity index (χ3n) is 4.12. The molecule has 1 heterocycles. The number of hydrogen-bond acceptors (Lipinski definition) is 2. The molecule has 2 aromatic carbocycles. The van der Waals surface area contributed by atoms with Gasteiger partial charge in [0.2, 0.25) is 0 Å². The minimum absolute atomic E-state index is 0.609. The molecule has 0 aromatic heterocycles. The summed E-state index contributed by atoms with van der Waals surface area (Å²) >= 11 is 2.01.